The molecule has 1 heterocycles. The van der Waals surface area contributed by atoms with E-state index in [1.165, 1.54) is 0 Å². The van der Waals surface area contributed by atoms with Crippen LogP contribution in [0.15, 0.2) is 24.3 Å². The van der Waals surface area contributed by atoms with Crippen LogP contribution in [0.4, 0.5) is 5.69 Å². The summed E-state index contributed by atoms with van der Waals surface area (Å²) >= 11 is 5.35. The molecule has 268 valence electrons. The van der Waals surface area contributed by atoms with Crippen molar-refractivity contribution in [3.63, 3.8) is 0 Å². The smallest absolute Gasteiger partial charge is 0.320 e. The summed E-state index contributed by atoms with van der Waals surface area (Å²) < 4.78 is 0. The van der Waals surface area contributed by atoms with Crippen LogP contribution in [-0.4, -0.2) is 171 Å². The maximum atomic E-state index is 11.9. The van der Waals surface area contributed by atoms with E-state index in [9.17, 15) is 44.4 Å². The lowest BCUT2D eigenvalue weighted by molar-refractivity contribution is -0.142. The SMILES string of the molecule is N[C@@H](CCCCNC(=S)Nc1ccc(C[C@H]2CN(CC(=O)O)CCN(CC(=O)O)CCN(CC(=O)O)CCN2CC(=O)O)cc1)C(=O)O. The number of benzene rings is 1. The fraction of sp³-hybridized carbons (Fsp3) is 0.600. The Labute approximate surface area is 284 Å². The first-order valence-corrected chi connectivity index (χ1v) is 16.0. The van der Waals surface area contributed by atoms with E-state index in [-0.39, 0.29) is 72.0 Å². The number of nitrogens with two attached hydrogens (primary N) is 1. The largest absolute Gasteiger partial charge is 0.480 e. The van der Waals surface area contributed by atoms with Crippen molar-refractivity contribution in [1.29, 1.82) is 0 Å². The predicted octanol–water partition coefficient (Wildman–Crippen LogP) is -0.974. The molecule has 1 saturated heterocycles. The van der Waals surface area contributed by atoms with E-state index >= 15 is 0 Å². The van der Waals surface area contributed by atoms with Crippen LogP contribution in [0.3, 0.4) is 0 Å². The van der Waals surface area contributed by atoms with Gasteiger partial charge in [-0.25, -0.2) is 0 Å². The van der Waals surface area contributed by atoms with Crippen molar-refractivity contribution >= 4 is 52.9 Å². The molecule has 2 atom stereocenters. The summed E-state index contributed by atoms with van der Waals surface area (Å²) in [4.78, 5) is 64.3. The highest BCUT2D eigenvalue weighted by molar-refractivity contribution is 7.80. The van der Waals surface area contributed by atoms with E-state index in [4.69, 9.17) is 23.1 Å². The van der Waals surface area contributed by atoms with E-state index in [0.29, 0.717) is 43.0 Å². The van der Waals surface area contributed by atoms with Crippen molar-refractivity contribution in [2.24, 2.45) is 5.73 Å². The number of nitrogens with one attached hydrogen (secondary N) is 2. The Kier molecular flexibility index (Phi) is 17.7. The number of carbonyl (C=O) groups is 5. The predicted molar refractivity (Wildman–Crippen MR) is 179 cm³/mol. The fourth-order valence-corrected chi connectivity index (χ4v) is 5.56. The second kappa shape index (κ2) is 21.1. The van der Waals surface area contributed by atoms with Gasteiger partial charge >= 0.3 is 29.8 Å². The molecule has 1 aliphatic heterocycles. The average Bonchev–Trinajstić information content (AvgIpc) is 2.98. The number of hydrogen-bond donors (Lipinski definition) is 8. The van der Waals surface area contributed by atoms with Gasteiger partial charge in [-0.3, -0.25) is 43.6 Å². The summed E-state index contributed by atoms with van der Waals surface area (Å²) in [7, 11) is 0. The highest BCUT2D eigenvalue weighted by Crippen LogP contribution is 2.16. The molecule has 0 amide bonds. The summed E-state index contributed by atoms with van der Waals surface area (Å²) in [6.45, 7) is 0.708. The second-order valence-corrected chi connectivity index (χ2v) is 12.1. The molecule has 0 aromatic heterocycles. The van der Waals surface area contributed by atoms with Crippen LogP contribution in [0.5, 0.6) is 0 Å². The molecule has 0 bridgehead atoms. The average molecular weight is 698 g/mol. The zero-order chi connectivity index (χ0) is 35.6. The third kappa shape index (κ3) is 16.8. The first-order chi connectivity index (χ1) is 22.7. The van der Waals surface area contributed by atoms with Gasteiger partial charge in [0.05, 0.1) is 26.2 Å². The lowest BCUT2D eigenvalue weighted by Crippen LogP contribution is -2.53. The summed E-state index contributed by atoms with van der Waals surface area (Å²) in [5.41, 5.74) is 7.05. The number of rotatable bonds is 17. The molecule has 17 nitrogen and oxygen atoms in total. The van der Waals surface area contributed by atoms with E-state index in [1.807, 2.05) is 12.1 Å². The molecule has 0 aliphatic carbocycles. The Morgan fingerprint density at radius 2 is 1.25 bits per heavy atom. The molecule has 1 aromatic carbocycles. The molecule has 18 heteroatoms. The van der Waals surface area contributed by atoms with E-state index in [0.717, 1.165) is 5.56 Å². The molecule has 1 fully saturated rings. The molecule has 0 unspecified atom stereocenters. The monoisotopic (exact) mass is 697 g/mol. The van der Waals surface area contributed by atoms with Crippen LogP contribution >= 0.6 is 12.2 Å². The normalized spacial score (nSPS) is 18.1. The number of anilines is 1. The zero-order valence-electron chi connectivity index (χ0n) is 26.8. The first kappa shape index (κ1) is 40.2. The highest BCUT2D eigenvalue weighted by Gasteiger charge is 2.27. The Morgan fingerprint density at radius 3 is 1.77 bits per heavy atom. The van der Waals surface area contributed by atoms with Crippen molar-refractivity contribution in [3.05, 3.63) is 29.8 Å². The Hall–Kier alpha value is -3.94. The van der Waals surface area contributed by atoms with E-state index in [2.05, 4.69) is 10.6 Å². The van der Waals surface area contributed by atoms with Crippen LogP contribution < -0.4 is 16.4 Å². The molecule has 1 aliphatic rings. The number of thiocarbonyl (C=S) groups is 1. The molecule has 48 heavy (non-hydrogen) atoms. The van der Waals surface area contributed by atoms with Gasteiger partial charge in [-0.15, -0.1) is 0 Å². The van der Waals surface area contributed by atoms with Crippen molar-refractivity contribution in [3.8, 4) is 0 Å². The van der Waals surface area contributed by atoms with Crippen LogP contribution in [0.1, 0.15) is 24.8 Å². The maximum Gasteiger partial charge on any atom is 0.320 e. The number of carboxylic acids is 5. The summed E-state index contributed by atoms with van der Waals surface area (Å²) in [6, 6.07) is 5.94. The number of nitrogens with zero attached hydrogens (tertiary/aromatic N) is 4. The van der Waals surface area contributed by atoms with Crippen LogP contribution in [0.2, 0.25) is 0 Å². The van der Waals surface area contributed by atoms with E-state index in [1.54, 1.807) is 31.7 Å². The molecule has 1 aromatic rings. The number of unbranched alkanes of at least 4 members (excludes halogenated alkanes) is 1. The van der Waals surface area contributed by atoms with Gasteiger partial charge in [0, 0.05) is 64.1 Å². The van der Waals surface area contributed by atoms with Crippen molar-refractivity contribution in [1.82, 2.24) is 24.9 Å². The van der Waals surface area contributed by atoms with Crippen molar-refractivity contribution < 1.29 is 49.5 Å². The molecule has 2 rings (SSSR count). The van der Waals surface area contributed by atoms with Gasteiger partial charge in [-0.2, -0.15) is 0 Å². The molecule has 0 spiro atoms. The van der Waals surface area contributed by atoms with Gasteiger partial charge < -0.3 is 41.9 Å². The van der Waals surface area contributed by atoms with Crippen LogP contribution in [0.25, 0.3) is 0 Å². The highest BCUT2D eigenvalue weighted by atomic mass is 32.1. The standard InChI is InChI=1S/C30H47N7O10S/c31-24(29(46)47)3-1-2-8-32-30(48)33-22-6-4-21(5-7-22)15-23-16-36(19-27(42)43)12-11-34(17-25(38)39)9-10-35(18-26(40)41)13-14-37(23)20-28(44)45/h4-7,23-24H,1-3,8-20,31H2,(H,38,39)(H,40,41)(H,42,43)(H,44,45)(H,46,47)(H2,32,33,48)/t23-,24-/m0/s1. The second-order valence-electron chi connectivity index (χ2n) is 11.7. The Bertz CT molecular complexity index is 1240. The third-order valence-corrected chi connectivity index (χ3v) is 8.04. The topological polar surface area (TPSA) is 250 Å². The van der Waals surface area contributed by atoms with Crippen LogP contribution in [0, 0.1) is 0 Å². The molecule has 9 N–H and O–H groups in total. The van der Waals surface area contributed by atoms with Gasteiger partial charge in [0.1, 0.15) is 6.04 Å². The summed E-state index contributed by atoms with van der Waals surface area (Å²) in [5, 5.41) is 53.6. The lowest BCUT2D eigenvalue weighted by Gasteiger charge is -2.37. The molecule has 0 radical (unpaired) electrons. The quantitative estimate of drug-likeness (QED) is 0.0720. The molecular weight excluding hydrogens is 650 g/mol. The summed E-state index contributed by atoms with van der Waals surface area (Å²) in [6.07, 6.45) is 2.02. The van der Waals surface area contributed by atoms with Crippen molar-refractivity contribution in [2.45, 2.75) is 37.8 Å². The summed E-state index contributed by atoms with van der Waals surface area (Å²) in [5.74, 6) is -5.32. The fourth-order valence-electron chi connectivity index (χ4n) is 5.34. The number of hydrogen-bond acceptors (Lipinski definition) is 11. The lowest BCUT2D eigenvalue weighted by atomic mass is 10.0. The number of aliphatic carboxylic acids is 5. The maximum absolute atomic E-state index is 11.9. The van der Waals surface area contributed by atoms with Gasteiger partial charge in [-0.1, -0.05) is 12.1 Å². The third-order valence-electron chi connectivity index (χ3n) is 7.80. The van der Waals surface area contributed by atoms with Gasteiger partial charge in [0.15, 0.2) is 5.11 Å². The minimum atomic E-state index is -1.08. The first-order valence-electron chi connectivity index (χ1n) is 15.6. The van der Waals surface area contributed by atoms with Gasteiger partial charge in [0.25, 0.3) is 0 Å². The molecular formula is C30H47N7O10S. The van der Waals surface area contributed by atoms with E-state index < -0.39 is 41.9 Å². The number of carboxylic acid groups (broad SMARTS) is 5. The van der Waals surface area contributed by atoms with Crippen LogP contribution in [-0.2, 0) is 30.4 Å². The van der Waals surface area contributed by atoms with Crippen molar-refractivity contribution in [2.75, 3.05) is 83.9 Å². The Balaban J connectivity index is 2.20. The minimum Gasteiger partial charge on any atom is -0.480 e. The van der Waals surface area contributed by atoms with Gasteiger partial charge in [-0.05, 0) is 55.6 Å². The zero-order valence-corrected chi connectivity index (χ0v) is 27.6. The molecule has 0 saturated carbocycles. The Morgan fingerprint density at radius 1 is 0.750 bits per heavy atom. The minimum absolute atomic E-state index is 0.171. The van der Waals surface area contributed by atoms with Gasteiger partial charge in [0.2, 0.25) is 0 Å².